The second-order valence-electron chi connectivity index (χ2n) is 7.58. The Morgan fingerprint density at radius 1 is 0.968 bits per heavy atom. The van der Waals surface area contributed by atoms with Crippen molar-refractivity contribution in [2.75, 3.05) is 17.2 Å². The van der Waals surface area contributed by atoms with Crippen molar-refractivity contribution < 1.29 is 36.6 Å². The molecule has 168 valence electrons. The summed E-state index contributed by atoms with van der Waals surface area (Å²) in [6, 6.07) is 9.39. The van der Waals surface area contributed by atoms with Crippen molar-refractivity contribution in [3.63, 3.8) is 0 Å². The number of rotatable bonds is 6. The van der Waals surface area contributed by atoms with Gasteiger partial charge in [-0.05, 0) is 56.7 Å². The molecule has 31 heavy (non-hydrogen) atoms. The van der Waals surface area contributed by atoms with Gasteiger partial charge in [0.1, 0.15) is 18.0 Å². The minimum absolute atomic E-state index is 0.177. The number of nitrogens with one attached hydrogen (secondary N) is 2. The third-order valence-corrected chi connectivity index (χ3v) is 3.61. The molecule has 0 aliphatic rings. The number of alkyl halides is 3. The lowest BCUT2D eigenvalue weighted by atomic mass is 10.1. The highest BCUT2D eigenvalue weighted by Gasteiger charge is 2.27. The van der Waals surface area contributed by atoms with Gasteiger partial charge in [0.15, 0.2) is 0 Å². The normalized spacial score (nSPS) is 11.7. The molecule has 0 radical (unpaired) electrons. The molecular weight excluding hydrogens is 420 g/mol. The molecule has 10 heteroatoms. The fraction of sp³-hybridized carbons (Fsp3) is 0.333. The molecule has 2 aromatic carbocycles. The minimum Gasteiger partial charge on any atom is -0.444 e. The smallest absolute Gasteiger partial charge is 0.412 e. The Morgan fingerprint density at radius 3 is 2.19 bits per heavy atom. The van der Waals surface area contributed by atoms with Crippen LogP contribution in [0, 0.1) is 5.82 Å². The molecule has 0 saturated heterocycles. The monoisotopic (exact) mass is 442 g/mol. The van der Waals surface area contributed by atoms with Crippen LogP contribution in [0.3, 0.4) is 0 Å². The maximum Gasteiger partial charge on any atom is 0.412 e. The molecule has 2 amide bonds. The van der Waals surface area contributed by atoms with E-state index in [1.165, 1.54) is 36.4 Å². The molecular formula is C21H22F4N2O4. The van der Waals surface area contributed by atoms with Crippen LogP contribution in [0.4, 0.5) is 33.7 Å². The summed E-state index contributed by atoms with van der Waals surface area (Å²) in [5.74, 6) is -1.25. The van der Waals surface area contributed by atoms with Gasteiger partial charge in [-0.1, -0.05) is 12.1 Å². The molecule has 0 aromatic heterocycles. The van der Waals surface area contributed by atoms with E-state index in [1.54, 1.807) is 20.8 Å². The summed E-state index contributed by atoms with van der Waals surface area (Å²) in [6.07, 6.45) is -5.26. The van der Waals surface area contributed by atoms with Crippen LogP contribution in [0.2, 0.25) is 0 Å². The fourth-order valence-electron chi connectivity index (χ4n) is 2.35. The van der Waals surface area contributed by atoms with Gasteiger partial charge in [0.25, 0.3) is 5.91 Å². The largest absolute Gasteiger partial charge is 0.444 e. The highest BCUT2D eigenvalue weighted by Crippen LogP contribution is 2.22. The number of ether oxygens (including phenoxy) is 2. The number of hydrogen-bond acceptors (Lipinski definition) is 4. The lowest BCUT2D eigenvalue weighted by Gasteiger charge is -2.20. The van der Waals surface area contributed by atoms with Gasteiger partial charge in [-0.3, -0.25) is 10.1 Å². The zero-order valence-corrected chi connectivity index (χ0v) is 17.1. The van der Waals surface area contributed by atoms with Gasteiger partial charge in [0, 0.05) is 11.3 Å². The minimum atomic E-state index is -4.41. The maximum atomic E-state index is 14.0. The maximum absolute atomic E-state index is 14.0. The van der Waals surface area contributed by atoms with E-state index >= 15 is 0 Å². The first kappa shape index (κ1) is 24.1. The van der Waals surface area contributed by atoms with E-state index in [-0.39, 0.29) is 23.5 Å². The van der Waals surface area contributed by atoms with Crippen LogP contribution in [0.5, 0.6) is 0 Å². The van der Waals surface area contributed by atoms with Gasteiger partial charge in [-0.15, -0.1) is 0 Å². The van der Waals surface area contributed by atoms with Crippen molar-refractivity contribution in [2.24, 2.45) is 0 Å². The second kappa shape index (κ2) is 9.78. The molecule has 0 saturated carbocycles. The van der Waals surface area contributed by atoms with Gasteiger partial charge in [0.2, 0.25) is 0 Å². The molecule has 2 rings (SSSR count). The van der Waals surface area contributed by atoms with Crippen LogP contribution in [-0.2, 0) is 16.1 Å². The average Bonchev–Trinajstić information content (AvgIpc) is 2.62. The van der Waals surface area contributed by atoms with Crippen LogP contribution in [0.15, 0.2) is 42.5 Å². The third-order valence-electron chi connectivity index (χ3n) is 3.61. The van der Waals surface area contributed by atoms with E-state index in [0.29, 0.717) is 5.56 Å². The molecule has 0 aliphatic carbocycles. The molecule has 2 aromatic rings. The Kier molecular flexibility index (Phi) is 7.61. The standard InChI is InChI=1S/C21H22F4N2O4/c1-20(2,3)31-19(29)27-17-10-15(8-9-16(17)22)26-18(28)14-6-4-13(5-7-14)11-30-12-21(23,24)25/h4-10H,11-12H2,1-3H3,(H,26,28)(H,27,29). The van der Waals surface area contributed by atoms with Crippen LogP contribution >= 0.6 is 0 Å². The fourth-order valence-corrected chi connectivity index (χ4v) is 2.35. The average molecular weight is 442 g/mol. The predicted octanol–water partition coefficient (Wildman–Crippen LogP) is 5.50. The summed E-state index contributed by atoms with van der Waals surface area (Å²) in [7, 11) is 0. The topological polar surface area (TPSA) is 76.7 Å². The molecule has 0 spiro atoms. The third kappa shape index (κ3) is 8.63. The predicted molar refractivity (Wildman–Crippen MR) is 106 cm³/mol. The second-order valence-corrected chi connectivity index (χ2v) is 7.58. The van der Waals surface area contributed by atoms with Crippen molar-refractivity contribution in [3.05, 3.63) is 59.4 Å². The van der Waals surface area contributed by atoms with E-state index in [1.807, 2.05) is 0 Å². The summed E-state index contributed by atoms with van der Waals surface area (Å²) in [5.41, 5.74) is -0.0349. The van der Waals surface area contributed by atoms with Crippen LogP contribution < -0.4 is 10.6 Å². The van der Waals surface area contributed by atoms with Gasteiger partial charge in [-0.25, -0.2) is 9.18 Å². The van der Waals surface area contributed by atoms with Gasteiger partial charge in [0.05, 0.1) is 12.3 Å². The Hall–Kier alpha value is -3.14. The lowest BCUT2D eigenvalue weighted by molar-refractivity contribution is -0.176. The molecule has 0 bridgehead atoms. The van der Waals surface area contributed by atoms with E-state index in [2.05, 4.69) is 15.4 Å². The van der Waals surface area contributed by atoms with Gasteiger partial charge in [-0.2, -0.15) is 13.2 Å². The number of anilines is 2. The van der Waals surface area contributed by atoms with Gasteiger partial charge >= 0.3 is 12.3 Å². The van der Waals surface area contributed by atoms with E-state index in [0.717, 1.165) is 6.07 Å². The summed E-state index contributed by atoms with van der Waals surface area (Å²) in [6.45, 7) is 3.37. The van der Waals surface area contributed by atoms with E-state index < -0.39 is 36.2 Å². The zero-order chi connectivity index (χ0) is 23.2. The molecule has 0 aliphatic heterocycles. The Morgan fingerprint density at radius 2 is 1.61 bits per heavy atom. The Labute approximate surface area is 176 Å². The number of hydrogen-bond donors (Lipinski definition) is 2. The molecule has 2 N–H and O–H groups in total. The SMILES string of the molecule is CC(C)(C)OC(=O)Nc1cc(NC(=O)c2ccc(COCC(F)(F)F)cc2)ccc1F. The van der Waals surface area contributed by atoms with Crippen molar-refractivity contribution in [3.8, 4) is 0 Å². The quantitative estimate of drug-likeness (QED) is 0.579. The van der Waals surface area contributed by atoms with Crippen molar-refractivity contribution >= 4 is 23.4 Å². The zero-order valence-electron chi connectivity index (χ0n) is 17.1. The molecule has 6 nitrogen and oxygen atoms in total. The molecule has 0 atom stereocenters. The Balaban J connectivity index is 1.99. The molecule has 0 heterocycles. The van der Waals surface area contributed by atoms with Crippen molar-refractivity contribution in [1.29, 1.82) is 0 Å². The number of amides is 2. The van der Waals surface area contributed by atoms with E-state index in [9.17, 15) is 27.2 Å². The Bertz CT molecular complexity index is 922. The van der Waals surface area contributed by atoms with Crippen LogP contribution in [0.25, 0.3) is 0 Å². The summed E-state index contributed by atoms with van der Waals surface area (Å²) in [5, 5.41) is 4.83. The first-order valence-electron chi connectivity index (χ1n) is 9.17. The molecule has 0 fully saturated rings. The number of benzene rings is 2. The number of carbonyl (C=O) groups is 2. The molecule has 0 unspecified atom stereocenters. The first-order valence-corrected chi connectivity index (χ1v) is 9.17. The van der Waals surface area contributed by atoms with E-state index in [4.69, 9.17) is 4.74 Å². The van der Waals surface area contributed by atoms with Crippen LogP contribution in [0.1, 0.15) is 36.7 Å². The van der Waals surface area contributed by atoms with Crippen molar-refractivity contribution in [2.45, 2.75) is 39.2 Å². The first-order chi connectivity index (χ1) is 14.3. The number of carbonyl (C=O) groups excluding carboxylic acids is 2. The van der Waals surface area contributed by atoms with Gasteiger partial charge < -0.3 is 14.8 Å². The lowest BCUT2D eigenvalue weighted by Crippen LogP contribution is -2.27. The highest BCUT2D eigenvalue weighted by molar-refractivity contribution is 6.04. The summed E-state index contributed by atoms with van der Waals surface area (Å²) >= 11 is 0. The van der Waals surface area contributed by atoms with Crippen LogP contribution in [-0.4, -0.2) is 30.4 Å². The summed E-state index contributed by atoms with van der Waals surface area (Å²) in [4.78, 5) is 24.2. The number of halogens is 4. The highest BCUT2D eigenvalue weighted by atomic mass is 19.4. The van der Waals surface area contributed by atoms with Crippen molar-refractivity contribution in [1.82, 2.24) is 0 Å². The summed E-state index contributed by atoms with van der Waals surface area (Å²) < 4.78 is 59.9.